The second kappa shape index (κ2) is 9.28. The Hall–Kier alpha value is -2.57. The average molecular weight is 436 g/mol. The molecule has 168 valence electrons. The number of unbranched alkanes of at least 4 members (excludes halogenated alkanes) is 2. The smallest absolute Gasteiger partial charge is 0.364 e. The average Bonchev–Trinajstić information content (AvgIpc) is 2.72. The SMILES string of the molecule is CCCCCC(=O)Nc1c(C)cc(N2CCc3cc(C(F)(F)F)ccc3C2)c(F)c1C. The van der Waals surface area contributed by atoms with E-state index in [9.17, 15) is 18.0 Å². The van der Waals surface area contributed by atoms with Crippen LogP contribution in [-0.4, -0.2) is 12.5 Å². The summed E-state index contributed by atoms with van der Waals surface area (Å²) in [4.78, 5) is 14.0. The van der Waals surface area contributed by atoms with Gasteiger partial charge in [-0.15, -0.1) is 0 Å². The quantitative estimate of drug-likeness (QED) is 0.412. The van der Waals surface area contributed by atoms with E-state index < -0.39 is 17.6 Å². The molecule has 3 rings (SSSR count). The van der Waals surface area contributed by atoms with E-state index in [-0.39, 0.29) is 5.91 Å². The van der Waals surface area contributed by atoms with Crippen molar-refractivity contribution >= 4 is 17.3 Å². The summed E-state index contributed by atoms with van der Waals surface area (Å²) in [5.41, 5.74) is 2.79. The Morgan fingerprint density at radius 2 is 1.87 bits per heavy atom. The van der Waals surface area contributed by atoms with Crippen LogP contribution >= 0.6 is 0 Å². The number of amides is 1. The third-order valence-electron chi connectivity index (χ3n) is 5.84. The molecule has 2 aromatic carbocycles. The van der Waals surface area contributed by atoms with Crippen molar-refractivity contribution in [3.05, 3.63) is 57.9 Å². The lowest BCUT2D eigenvalue weighted by Gasteiger charge is -2.32. The number of carbonyl (C=O) groups is 1. The second-order valence-electron chi connectivity index (χ2n) is 8.18. The lowest BCUT2D eigenvalue weighted by Crippen LogP contribution is -2.31. The Kier molecular flexibility index (Phi) is 6.92. The normalized spacial score (nSPS) is 13.8. The molecule has 0 fully saturated rings. The molecule has 3 nitrogen and oxygen atoms in total. The highest BCUT2D eigenvalue weighted by atomic mass is 19.4. The van der Waals surface area contributed by atoms with Crippen LogP contribution < -0.4 is 10.2 Å². The molecule has 0 saturated carbocycles. The summed E-state index contributed by atoms with van der Waals surface area (Å²) in [5.74, 6) is -0.538. The molecule has 2 aromatic rings. The monoisotopic (exact) mass is 436 g/mol. The molecule has 1 heterocycles. The maximum absolute atomic E-state index is 15.2. The van der Waals surface area contributed by atoms with Gasteiger partial charge in [-0.25, -0.2) is 4.39 Å². The molecular formula is C24H28F4N2O. The molecule has 31 heavy (non-hydrogen) atoms. The fraction of sp³-hybridized carbons (Fsp3) is 0.458. The summed E-state index contributed by atoms with van der Waals surface area (Å²) in [6, 6.07) is 5.45. The van der Waals surface area contributed by atoms with Gasteiger partial charge in [-0.1, -0.05) is 25.8 Å². The Labute approximate surface area is 180 Å². The number of alkyl halides is 3. The van der Waals surface area contributed by atoms with Gasteiger partial charge < -0.3 is 10.2 Å². The van der Waals surface area contributed by atoms with Crippen molar-refractivity contribution in [1.29, 1.82) is 0 Å². The largest absolute Gasteiger partial charge is 0.416 e. The van der Waals surface area contributed by atoms with Crippen LogP contribution in [0.3, 0.4) is 0 Å². The molecule has 0 radical (unpaired) electrons. The van der Waals surface area contributed by atoms with Gasteiger partial charge in [0.05, 0.1) is 11.3 Å². The van der Waals surface area contributed by atoms with Crippen molar-refractivity contribution in [3.8, 4) is 0 Å². The molecule has 0 aliphatic carbocycles. The summed E-state index contributed by atoms with van der Waals surface area (Å²) >= 11 is 0. The lowest BCUT2D eigenvalue weighted by molar-refractivity contribution is -0.137. The zero-order chi connectivity index (χ0) is 22.8. The number of anilines is 2. The molecule has 0 aromatic heterocycles. The van der Waals surface area contributed by atoms with Gasteiger partial charge in [0, 0.05) is 30.8 Å². The van der Waals surface area contributed by atoms with Crippen LogP contribution in [0.15, 0.2) is 24.3 Å². The first kappa shape index (κ1) is 23.1. The summed E-state index contributed by atoms with van der Waals surface area (Å²) in [7, 11) is 0. The van der Waals surface area contributed by atoms with Gasteiger partial charge in [-0.3, -0.25) is 4.79 Å². The molecular weight excluding hydrogens is 408 g/mol. The molecule has 1 aliphatic rings. The van der Waals surface area contributed by atoms with E-state index in [0.29, 0.717) is 48.4 Å². The van der Waals surface area contributed by atoms with Gasteiger partial charge in [-0.2, -0.15) is 13.2 Å². The van der Waals surface area contributed by atoms with E-state index in [1.165, 1.54) is 12.1 Å². The molecule has 0 atom stereocenters. The predicted octanol–water partition coefficient (Wildman–Crippen LogP) is 6.54. The minimum Gasteiger partial charge on any atom is -0.364 e. The number of benzene rings is 2. The lowest BCUT2D eigenvalue weighted by atomic mass is 9.96. The van der Waals surface area contributed by atoms with Gasteiger partial charge in [0.1, 0.15) is 0 Å². The van der Waals surface area contributed by atoms with E-state index in [0.717, 1.165) is 36.5 Å². The van der Waals surface area contributed by atoms with E-state index in [2.05, 4.69) is 12.2 Å². The third-order valence-corrected chi connectivity index (χ3v) is 5.84. The van der Waals surface area contributed by atoms with Gasteiger partial charge in [0.25, 0.3) is 0 Å². The van der Waals surface area contributed by atoms with Crippen LogP contribution in [0, 0.1) is 19.7 Å². The zero-order valence-corrected chi connectivity index (χ0v) is 18.1. The minimum absolute atomic E-state index is 0.126. The molecule has 0 saturated heterocycles. The molecule has 1 N–H and O–H groups in total. The summed E-state index contributed by atoms with van der Waals surface area (Å²) < 4.78 is 54.1. The highest BCUT2D eigenvalue weighted by Crippen LogP contribution is 2.36. The first-order valence-corrected chi connectivity index (χ1v) is 10.6. The molecule has 0 bridgehead atoms. The molecule has 7 heteroatoms. The van der Waals surface area contributed by atoms with Crippen LogP contribution in [0.1, 0.15) is 60.4 Å². The van der Waals surface area contributed by atoms with E-state index in [1.54, 1.807) is 13.0 Å². The zero-order valence-electron chi connectivity index (χ0n) is 18.1. The molecule has 0 unspecified atom stereocenters. The second-order valence-corrected chi connectivity index (χ2v) is 8.18. The third kappa shape index (κ3) is 5.20. The highest BCUT2D eigenvalue weighted by Gasteiger charge is 2.32. The summed E-state index contributed by atoms with van der Waals surface area (Å²) in [6.45, 7) is 6.29. The van der Waals surface area contributed by atoms with Crippen LogP contribution in [0.4, 0.5) is 28.9 Å². The number of hydrogen-bond acceptors (Lipinski definition) is 2. The molecule has 1 aliphatic heterocycles. The van der Waals surface area contributed by atoms with E-state index in [4.69, 9.17) is 0 Å². The predicted molar refractivity (Wildman–Crippen MR) is 115 cm³/mol. The van der Waals surface area contributed by atoms with Gasteiger partial charge in [0.15, 0.2) is 5.82 Å². The van der Waals surface area contributed by atoms with E-state index in [1.807, 2.05) is 11.8 Å². The van der Waals surface area contributed by atoms with Gasteiger partial charge >= 0.3 is 6.18 Å². The number of nitrogens with one attached hydrogen (secondary N) is 1. The number of nitrogens with zero attached hydrogens (tertiary/aromatic N) is 1. The van der Waals surface area contributed by atoms with Crippen LogP contribution in [-0.2, 0) is 23.9 Å². The van der Waals surface area contributed by atoms with Crippen molar-refractivity contribution in [2.45, 2.75) is 65.6 Å². The van der Waals surface area contributed by atoms with Crippen molar-refractivity contribution < 1.29 is 22.4 Å². The van der Waals surface area contributed by atoms with Crippen molar-refractivity contribution in [3.63, 3.8) is 0 Å². The molecule has 0 spiro atoms. The summed E-state index contributed by atoms with van der Waals surface area (Å²) in [5, 5.41) is 2.84. The van der Waals surface area contributed by atoms with E-state index >= 15 is 4.39 Å². The Bertz CT molecular complexity index is 969. The van der Waals surface area contributed by atoms with Crippen molar-refractivity contribution in [2.75, 3.05) is 16.8 Å². The highest BCUT2D eigenvalue weighted by molar-refractivity contribution is 5.92. The van der Waals surface area contributed by atoms with Crippen LogP contribution in [0.5, 0.6) is 0 Å². The van der Waals surface area contributed by atoms with Crippen LogP contribution in [0.2, 0.25) is 0 Å². The maximum Gasteiger partial charge on any atom is 0.416 e. The number of rotatable bonds is 6. The standard InChI is InChI=1S/C24H28F4N2O/c1-4-5-6-7-21(31)29-23-15(2)12-20(22(25)16(23)3)30-11-10-17-13-19(24(26,27)28)9-8-18(17)14-30/h8-9,12-13H,4-7,10-11,14H2,1-3H3,(H,29,31). The Morgan fingerprint density at radius 3 is 2.55 bits per heavy atom. The first-order chi connectivity index (χ1) is 14.6. The topological polar surface area (TPSA) is 32.3 Å². The number of halogens is 4. The maximum atomic E-state index is 15.2. The van der Waals surface area contributed by atoms with Gasteiger partial charge in [-0.05, 0) is 61.6 Å². The number of fused-ring (bicyclic) bond motifs is 1. The van der Waals surface area contributed by atoms with Crippen molar-refractivity contribution in [2.24, 2.45) is 0 Å². The van der Waals surface area contributed by atoms with Gasteiger partial charge in [0.2, 0.25) is 5.91 Å². The first-order valence-electron chi connectivity index (χ1n) is 10.6. The fourth-order valence-corrected chi connectivity index (χ4v) is 4.03. The van der Waals surface area contributed by atoms with Crippen molar-refractivity contribution in [1.82, 2.24) is 0 Å². The Morgan fingerprint density at radius 1 is 1.13 bits per heavy atom. The number of hydrogen-bond donors (Lipinski definition) is 1. The summed E-state index contributed by atoms with van der Waals surface area (Å²) in [6.07, 6.45) is -0.774. The number of aryl methyl sites for hydroxylation is 1. The fourth-order valence-electron chi connectivity index (χ4n) is 4.03. The minimum atomic E-state index is -4.37. The van der Waals surface area contributed by atoms with Crippen LogP contribution in [0.25, 0.3) is 0 Å². The molecule has 1 amide bonds. The number of carbonyl (C=O) groups excluding carboxylic acids is 1. The Balaban J connectivity index is 1.80.